The van der Waals surface area contributed by atoms with Crippen molar-refractivity contribution in [1.29, 1.82) is 0 Å². The summed E-state index contributed by atoms with van der Waals surface area (Å²) in [5.74, 6) is -1.88. The van der Waals surface area contributed by atoms with Crippen LogP contribution in [0, 0.1) is 13.8 Å². The van der Waals surface area contributed by atoms with Gasteiger partial charge in [-0.1, -0.05) is 71.8 Å². The van der Waals surface area contributed by atoms with E-state index >= 15 is 0 Å². The second-order valence-corrected chi connectivity index (χ2v) is 8.58. The van der Waals surface area contributed by atoms with Gasteiger partial charge in [-0.05, 0) is 44.2 Å². The molecule has 170 valence electrons. The second-order valence-electron chi connectivity index (χ2n) is 8.58. The van der Waals surface area contributed by atoms with Crippen molar-refractivity contribution >= 4 is 29.1 Å². The molecule has 4 aromatic rings. The highest BCUT2D eigenvalue weighted by Gasteiger charge is 2.36. The topological polar surface area (TPSA) is 71.5 Å². The van der Waals surface area contributed by atoms with Gasteiger partial charge in [0.2, 0.25) is 0 Å². The highest BCUT2D eigenvalue weighted by Crippen LogP contribution is 2.35. The Morgan fingerprint density at radius 2 is 1.00 bits per heavy atom. The quantitative estimate of drug-likeness (QED) is 0.331. The Labute approximate surface area is 202 Å². The normalized spacial score (nSPS) is 12.1. The molecule has 0 aliphatic heterocycles. The van der Waals surface area contributed by atoms with Gasteiger partial charge in [0.15, 0.2) is 11.6 Å². The molecule has 0 saturated heterocycles. The van der Waals surface area contributed by atoms with E-state index in [1.807, 2.05) is 13.8 Å². The third kappa shape index (κ3) is 3.77. The Balaban J connectivity index is 1.72. The summed E-state index contributed by atoms with van der Waals surface area (Å²) in [6.45, 7) is 3.80. The van der Waals surface area contributed by atoms with Crippen molar-refractivity contribution < 1.29 is 19.2 Å². The minimum absolute atomic E-state index is 0.0529. The van der Waals surface area contributed by atoms with E-state index in [1.165, 1.54) is 6.07 Å². The van der Waals surface area contributed by atoms with Crippen molar-refractivity contribution in [1.82, 2.24) is 0 Å². The Bertz CT molecular complexity index is 1460. The number of hydrogen-bond acceptors (Lipinski definition) is 4. The standard InChI is InChI=1S/C30H21NO4/c1-18-10-14-20(15-11-18)29(34)31(30(35)21-16-12-19(2)13-17-21)25-9-5-8-24-26(25)28(33)23-7-4-3-6-22(23)27(24)32/h3-17H,1-2H3. The molecular weight excluding hydrogens is 438 g/mol. The molecule has 0 atom stereocenters. The zero-order valence-corrected chi connectivity index (χ0v) is 19.2. The fourth-order valence-corrected chi connectivity index (χ4v) is 4.27. The van der Waals surface area contributed by atoms with Crippen LogP contribution in [0.2, 0.25) is 0 Å². The van der Waals surface area contributed by atoms with E-state index in [4.69, 9.17) is 0 Å². The van der Waals surface area contributed by atoms with Crippen LogP contribution in [0.25, 0.3) is 0 Å². The molecule has 5 heteroatoms. The summed E-state index contributed by atoms with van der Waals surface area (Å²) in [7, 11) is 0. The first-order chi connectivity index (χ1) is 16.9. The molecule has 1 aliphatic rings. The van der Waals surface area contributed by atoms with Crippen LogP contribution in [0.1, 0.15) is 63.7 Å². The highest BCUT2D eigenvalue weighted by atomic mass is 16.2. The van der Waals surface area contributed by atoms with Crippen LogP contribution < -0.4 is 4.90 Å². The lowest BCUT2D eigenvalue weighted by Gasteiger charge is -2.27. The van der Waals surface area contributed by atoms with E-state index in [-0.39, 0.29) is 28.2 Å². The van der Waals surface area contributed by atoms with Gasteiger partial charge in [0, 0.05) is 27.8 Å². The Kier molecular flexibility index (Phi) is 5.46. The first-order valence-corrected chi connectivity index (χ1v) is 11.2. The molecule has 1 aliphatic carbocycles. The van der Waals surface area contributed by atoms with Gasteiger partial charge in [-0.3, -0.25) is 19.2 Å². The number of amides is 2. The Morgan fingerprint density at radius 3 is 1.51 bits per heavy atom. The summed E-state index contributed by atoms with van der Waals surface area (Å²) in [4.78, 5) is 55.4. The summed E-state index contributed by atoms with van der Waals surface area (Å²) < 4.78 is 0. The number of carbonyl (C=O) groups is 4. The molecule has 0 saturated carbocycles. The predicted molar refractivity (Wildman–Crippen MR) is 133 cm³/mol. The summed E-state index contributed by atoms with van der Waals surface area (Å²) in [5.41, 5.74) is 3.40. The van der Waals surface area contributed by atoms with Gasteiger partial charge in [-0.25, -0.2) is 4.90 Å². The van der Waals surface area contributed by atoms with Crippen LogP contribution in [-0.4, -0.2) is 23.4 Å². The first-order valence-electron chi connectivity index (χ1n) is 11.2. The van der Waals surface area contributed by atoms with Crippen LogP contribution in [0.15, 0.2) is 91.0 Å². The average molecular weight is 460 g/mol. The number of carbonyl (C=O) groups excluding carboxylic acids is 4. The minimum Gasteiger partial charge on any atom is -0.289 e. The average Bonchev–Trinajstić information content (AvgIpc) is 2.88. The molecule has 0 unspecified atom stereocenters. The van der Waals surface area contributed by atoms with Crippen LogP contribution >= 0.6 is 0 Å². The summed E-state index contributed by atoms with van der Waals surface area (Å²) >= 11 is 0. The lowest BCUT2D eigenvalue weighted by molar-refractivity contribution is 0.0895. The van der Waals surface area contributed by atoms with Gasteiger partial charge in [0.05, 0.1) is 11.3 Å². The summed E-state index contributed by atoms with van der Waals surface area (Å²) in [6, 6.07) is 25.0. The number of fused-ring (bicyclic) bond motifs is 2. The van der Waals surface area contributed by atoms with E-state index in [9.17, 15) is 19.2 Å². The number of nitrogens with zero attached hydrogens (tertiary/aromatic N) is 1. The second kappa shape index (κ2) is 8.61. The highest BCUT2D eigenvalue weighted by molar-refractivity contribution is 6.34. The molecular formula is C30H21NO4. The van der Waals surface area contributed by atoms with Crippen LogP contribution in [0.3, 0.4) is 0 Å². The van der Waals surface area contributed by atoms with Gasteiger partial charge >= 0.3 is 0 Å². The van der Waals surface area contributed by atoms with Crippen molar-refractivity contribution in [2.75, 3.05) is 4.90 Å². The van der Waals surface area contributed by atoms with Crippen LogP contribution in [-0.2, 0) is 0 Å². The van der Waals surface area contributed by atoms with Gasteiger partial charge < -0.3 is 0 Å². The zero-order valence-electron chi connectivity index (χ0n) is 19.2. The number of ketones is 2. The van der Waals surface area contributed by atoms with Crippen molar-refractivity contribution in [2.45, 2.75) is 13.8 Å². The zero-order chi connectivity index (χ0) is 24.7. The SMILES string of the molecule is Cc1ccc(C(=O)N(C(=O)c2ccc(C)cc2)c2cccc3c2C(=O)c2ccccc2C3=O)cc1. The fraction of sp³-hybridized carbons (Fsp3) is 0.0667. The molecule has 5 nitrogen and oxygen atoms in total. The van der Waals surface area contributed by atoms with E-state index in [0.29, 0.717) is 16.7 Å². The molecule has 0 fully saturated rings. The van der Waals surface area contributed by atoms with Gasteiger partial charge in [0.1, 0.15) is 0 Å². The number of benzene rings is 4. The Morgan fingerprint density at radius 1 is 0.543 bits per heavy atom. The maximum Gasteiger partial charge on any atom is 0.265 e. The van der Waals surface area contributed by atoms with Crippen LogP contribution in [0.5, 0.6) is 0 Å². The molecule has 0 radical (unpaired) electrons. The molecule has 35 heavy (non-hydrogen) atoms. The fourth-order valence-electron chi connectivity index (χ4n) is 4.27. The lowest BCUT2D eigenvalue weighted by Crippen LogP contribution is -2.39. The summed E-state index contributed by atoms with van der Waals surface area (Å²) in [6.07, 6.45) is 0. The van der Waals surface area contributed by atoms with Gasteiger partial charge in [-0.15, -0.1) is 0 Å². The molecule has 2 amide bonds. The van der Waals surface area contributed by atoms with Crippen molar-refractivity contribution in [3.63, 3.8) is 0 Å². The van der Waals surface area contributed by atoms with Crippen molar-refractivity contribution in [2.24, 2.45) is 0 Å². The predicted octanol–water partition coefficient (Wildman–Crippen LogP) is 5.57. The molecule has 0 aromatic heterocycles. The maximum absolute atomic E-state index is 13.8. The molecule has 0 heterocycles. The molecule has 4 aromatic carbocycles. The maximum atomic E-state index is 13.8. The van der Waals surface area contributed by atoms with Crippen molar-refractivity contribution in [3.05, 3.63) is 136 Å². The van der Waals surface area contributed by atoms with E-state index in [1.54, 1.807) is 84.9 Å². The number of aryl methyl sites for hydroxylation is 2. The van der Waals surface area contributed by atoms with Crippen molar-refractivity contribution in [3.8, 4) is 0 Å². The Hall–Kier alpha value is -4.64. The molecule has 0 N–H and O–H groups in total. The third-order valence-corrected chi connectivity index (χ3v) is 6.17. The molecule has 5 rings (SSSR count). The van der Waals surface area contributed by atoms with E-state index < -0.39 is 17.6 Å². The third-order valence-electron chi connectivity index (χ3n) is 6.17. The summed E-state index contributed by atoms with van der Waals surface area (Å²) in [5, 5.41) is 0. The largest absolute Gasteiger partial charge is 0.289 e. The van der Waals surface area contributed by atoms with E-state index in [0.717, 1.165) is 16.0 Å². The molecule has 0 bridgehead atoms. The number of hydrogen-bond donors (Lipinski definition) is 0. The number of imide groups is 1. The van der Waals surface area contributed by atoms with Crippen LogP contribution in [0.4, 0.5) is 5.69 Å². The first kappa shape index (κ1) is 22.2. The smallest absolute Gasteiger partial charge is 0.265 e. The van der Waals surface area contributed by atoms with Gasteiger partial charge in [0.25, 0.3) is 11.8 Å². The molecule has 0 spiro atoms. The van der Waals surface area contributed by atoms with E-state index in [2.05, 4.69) is 0 Å². The lowest BCUT2D eigenvalue weighted by atomic mass is 9.83. The monoisotopic (exact) mass is 459 g/mol. The number of rotatable bonds is 3. The minimum atomic E-state index is -0.580. The number of anilines is 1. The van der Waals surface area contributed by atoms with Gasteiger partial charge in [-0.2, -0.15) is 0 Å².